The average molecular weight is 262 g/mol. The summed E-state index contributed by atoms with van der Waals surface area (Å²) in [6.07, 6.45) is 7.43. The zero-order valence-corrected chi connectivity index (χ0v) is 11.6. The number of aromatic nitrogens is 3. The van der Waals surface area contributed by atoms with E-state index in [2.05, 4.69) is 17.2 Å². The molecule has 2 aromatic heterocycles. The summed E-state index contributed by atoms with van der Waals surface area (Å²) < 4.78 is 2.02. The molecule has 0 spiro atoms. The number of hydrogen-bond acceptors (Lipinski definition) is 4. The molecule has 0 aromatic carbocycles. The largest absolute Gasteiger partial charge is 0.332 e. The van der Waals surface area contributed by atoms with Gasteiger partial charge in [-0.1, -0.05) is 6.92 Å². The lowest BCUT2D eigenvalue weighted by Gasteiger charge is -2.00. The number of thiazole rings is 1. The van der Waals surface area contributed by atoms with Crippen LogP contribution in [0, 0.1) is 0 Å². The van der Waals surface area contributed by atoms with Gasteiger partial charge in [0.05, 0.1) is 5.69 Å². The third-order valence-corrected chi connectivity index (χ3v) is 4.35. The number of aryl methyl sites for hydroxylation is 2. The molecule has 0 bridgehead atoms. The highest BCUT2D eigenvalue weighted by molar-refractivity contribution is 7.15. The maximum atomic E-state index is 4.73. The minimum Gasteiger partial charge on any atom is -0.332 e. The van der Waals surface area contributed by atoms with E-state index >= 15 is 0 Å². The molecule has 18 heavy (non-hydrogen) atoms. The molecular formula is C13H18N4S. The maximum absolute atomic E-state index is 4.73. The molecule has 1 aliphatic carbocycles. The van der Waals surface area contributed by atoms with Crippen molar-refractivity contribution in [1.29, 1.82) is 0 Å². The molecule has 2 aromatic rings. The van der Waals surface area contributed by atoms with E-state index in [9.17, 15) is 0 Å². The monoisotopic (exact) mass is 262 g/mol. The van der Waals surface area contributed by atoms with E-state index in [1.165, 1.54) is 23.4 Å². The summed E-state index contributed by atoms with van der Waals surface area (Å²) in [6, 6.07) is 0.744. The van der Waals surface area contributed by atoms with Crippen molar-refractivity contribution < 1.29 is 0 Å². The van der Waals surface area contributed by atoms with E-state index in [-0.39, 0.29) is 0 Å². The molecule has 0 radical (unpaired) electrons. The molecule has 0 amide bonds. The Morgan fingerprint density at radius 3 is 2.94 bits per heavy atom. The van der Waals surface area contributed by atoms with Gasteiger partial charge < -0.3 is 9.88 Å². The van der Waals surface area contributed by atoms with Gasteiger partial charge in [-0.25, -0.2) is 9.97 Å². The van der Waals surface area contributed by atoms with Crippen LogP contribution in [0.5, 0.6) is 0 Å². The van der Waals surface area contributed by atoms with Gasteiger partial charge in [0.25, 0.3) is 0 Å². The van der Waals surface area contributed by atoms with E-state index in [0.29, 0.717) is 0 Å². The topological polar surface area (TPSA) is 42.7 Å². The second-order valence-corrected chi connectivity index (χ2v) is 5.84. The van der Waals surface area contributed by atoms with Gasteiger partial charge >= 0.3 is 0 Å². The maximum Gasteiger partial charge on any atom is 0.168 e. The number of rotatable bonds is 5. The van der Waals surface area contributed by atoms with Crippen LogP contribution < -0.4 is 5.32 Å². The van der Waals surface area contributed by atoms with Crippen molar-refractivity contribution in [3.05, 3.63) is 23.0 Å². The van der Waals surface area contributed by atoms with Gasteiger partial charge in [-0.15, -0.1) is 11.3 Å². The summed E-state index contributed by atoms with van der Waals surface area (Å²) >= 11 is 1.77. The quantitative estimate of drug-likeness (QED) is 0.899. The Labute approximate surface area is 111 Å². The Morgan fingerprint density at radius 2 is 2.33 bits per heavy atom. The van der Waals surface area contributed by atoms with Crippen molar-refractivity contribution in [2.45, 2.75) is 38.8 Å². The fourth-order valence-electron chi connectivity index (χ4n) is 1.99. The number of nitrogens with zero attached hydrogens (tertiary/aromatic N) is 3. The minimum atomic E-state index is 0.744. The van der Waals surface area contributed by atoms with Crippen LogP contribution in [0.25, 0.3) is 10.8 Å². The molecule has 4 nitrogen and oxygen atoms in total. The van der Waals surface area contributed by atoms with Crippen molar-refractivity contribution in [2.75, 3.05) is 0 Å². The highest BCUT2D eigenvalue weighted by atomic mass is 32.1. The third-order valence-electron chi connectivity index (χ3n) is 3.25. The van der Waals surface area contributed by atoms with E-state index in [0.717, 1.165) is 29.8 Å². The highest BCUT2D eigenvalue weighted by Gasteiger charge is 2.21. The van der Waals surface area contributed by atoms with E-state index in [4.69, 9.17) is 4.98 Å². The van der Waals surface area contributed by atoms with Crippen LogP contribution in [0.2, 0.25) is 0 Å². The van der Waals surface area contributed by atoms with E-state index in [1.807, 2.05) is 24.0 Å². The number of hydrogen-bond donors (Lipinski definition) is 1. The van der Waals surface area contributed by atoms with Crippen LogP contribution in [-0.4, -0.2) is 20.6 Å². The van der Waals surface area contributed by atoms with Gasteiger partial charge in [0.15, 0.2) is 10.8 Å². The molecule has 1 N–H and O–H groups in total. The molecule has 96 valence electrons. The summed E-state index contributed by atoms with van der Waals surface area (Å²) in [7, 11) is 2.01. The molecule has 3 rings (SSSR count). The van der Waals surface area contributed by atoms with Crippen LogP contribution in [0.1, 0.15) is 30.3 Å². The first-order chi connectivity index (χ1) is 8.78. The van der Waals surface area contributed by atoms with Gasteiger partial charge in [0, 0.05) is 36.9 Å². The lowest BCUT2D eigenvalue weighted by molar-refractivity contribution is 0.689. The second-order valence-electron chi connectivity index (χ2n) is 4.76. The normalized spacial score (nSPS) is 15.2. The van der Waals surface area contributed by atoms with Gasteiger partial charge in [-0.3, -0.25) is 0 Å². The molecule has 0 aliphatic heterocycles. The highest BCUT2D eigenvalue weighted by Crippen LogP contribution is 2.28. The van der Waals surface area contributed by atoms with Gasteiger partial charge in [-0.05, 0) is 19.3 Å². The Balaban J connectivity index is 1.84. The Morgan fingerprint density at radius 1 is 1.50 bits per heavy atom. The molecule has 0 atom stereocenters. The molecule has 1 fully saturated rings. The first kappa shape index (κ1) is 11.9. The van der Waals surface area contributed by atoms with Crippen molar-refractivity contribution in [1.82, 2.24) is 19.9 Å². The zero-order valence-electron chi connectivity index (χ0n) is 10.8. The smallest absolute Gasteiger partial charge is 0.168 e. The number of imidazole rings is 1. The van der Waals surface area contributed by atoms with Crippen molar-refractivity contribution in [3.8, 4) is 10.8 Å². The standard InChI is InChI=1S/C13H18N4S/c1-3-10-11(8-15-9-4-5-9)18-13(16-10)12-14-6-7-17(12)2/h6-7,9,15H,3-5,8H2,1-2H3. The predicted molar refractivity (Wildman–Crippen MR) is 73.6 cm³/mol. The van der Waals surface area contributed by atoms with E-state index in [1.54, 1.807) is 11.3 Å². The van der Waals surface area contributed by atoms with E-state index < -0.39 is 0 Å². The van der Waals surface area contributed by atoms with Crippen LogP contribution in [0.15, 0.2) is 12.4 Å². The predicted octanol–water partition coefficient (Wildman–Crippen LogP) is 2.36. The fourth-order valence-corrected chi connectivity index (χ4v) is 3.13. The molecule has 1 saturated carbocycles. The summed E-state index contributed by atoms with van der Waals surface area (Å²) in [5.74, 6) is 0.965. The molecule has 0 unspecified atom stereocenters. The Bertz CT molecular complexity index is 539. The van der Waals surface area contributed by atoms with Crippen molar-refractivity contribution in [2.24, 2.45) is 7.05 Å². The summed E-state index contributed by atoms with van der Waals surface area (Å²) in [5.41, 5.74) is 1.21. The lowest BCUT2D eigenvalue weighted by Crippen LogP contribution is -2.15. The van der Waals surface area contributed by atoms with Crippen LogP contribution in [0.4, 0.5) is 0 Å². The third kappa shape index (κ3) is 2.33. The van der Waals surface area contributed by atoms with Crippen LogP contribution >= 0.6 is 11.3 Å². The first-order valence-corrected chi connectivity index (χ1v) is 7.29. The molecular weight excluding hydrogens is 244 g/mol. The van der Waals surface area contributed by atoms with Crippen molar-refractivity contribution >= 4 is 11.3 Å². The van der Waals surface area contributed by atoms with Crippen LogP contribution in [-0.2, 0) is 20.0 Å². The zero-order chi connectivity index (χ0) is 12.5. The SMILES string of the molecule is CCc1nc(-c2nccn2C)sc1CNC1CC1. The Kier molecular flexibility index (Phi) is 3.18. The first-order valence-electron chi connectivity index (χ1n) is 6.47. The molecule has 5 heteroatoms. The lowest BCUT2D eigenvalue weighted by atomic mass is 10.3. The van der Waals surface area contributed by atoms with Gasteiger partial charge in [0.2, 0.25) is 0 Å². The summed E-state index contributed by atoms with van der Waals surface area (Å²) in [6.45, 7) is 3.12. The second kappa shape index (κ2) is 4.82. The molecule has 1 aliphatic rings. The van der Waals surface area contributed by atoms with Crippen molar-refractivity contribution in [3.63, 3.8) is 0 Å². The molecule has 0 saturated heterocycles. The van der Waals surface area contributed by atoms with Gasteiger partial charge in [-0.2, -0.15) is 0 Å². The van der Waals surface area contributed by atoms with Gasteiger partial charge in [0.1, 0.15) is 0 Å². The minimum absolute atomic E-state index is 0.744. The fraction of sp³-hybridized carbons (Fsp3) is 0.538. The summed E-state index contributed by atoms with van der Waals surface area (Å²) in [5, 5.41) is 4.60. The Hall–Kier alpha value is -1.20. The molecule has 2 heterocycles. The van der Waals surface area contributed by atoms with Crippen LogP contribution in [0.3, 0.4) is 0 Å². The average Bonchev–Trinajstić information content (AvgIpc) is 2.96. The summed E-state index contributed by atoms with van der Waals surface area (Å²) in [4.78, 5) is 10.5. The number of nitrogens with one attached hydrogen (secondary N) is 1.